The lowest BCUT2D eigenvalue weighted by atomic mass is 9.79. The zero-order valence-corrected chi connectivity index (χ0v) is 26.0. The van der Waals surface area contributed by atoms with Crippen molar-refractivity contribution in [3.63, 3.8) is 0 Å². The highest BCUT2D eigenvalue weighted by Crippen LogP contribution is 2.83. The van der Waals surface area contributed by atoms with E-state index in [2.05, 4.69) is 39.6 Å². The number of nitrogens with one attached hydrogen (secondary N) is 2. The Bertz CT molecular complexity index is 1840. The van der Waals surface area contributed by atoms with Crippen LogP contribution in [0.3, 0.4) is 0 Å². The van der Waals surface area contributed by atoms with Crippen LogP contribution in [-0.2, 0) is 14.3 Å². The maximum absolute atomic E-state index is 16.0. The smallest absolute Gasteiger partial charge is 0.234 e. The molecule has 6 atom stereocenters. The molecule has 6 unspecified atom stereocenters. The van der Waals surface area contributed by atoms with E-state index in [0.29, 0.717) is 39.9 Å². The van der Waals surface area contributed by atoms with Crippen LogP contribution < -0.4 is 5.32 Å². The number of anilines is 1. The number of ether oxygens (including phenoxy) is 1. The van der Waals surface area contributed by atoms with Gasteiger partial charge in [-0.05, 0) is 46.7 Å². The molecule has 2 N–H and O–H groups in total. The third-order valence-electron chi connectivity index (χ3n) is 12.0. The van der Waals surface area contributed by atoms with Crippen LogP contribution in [0.2, 0.25) is 0 Å². The predicted molar refractivity (Wildman–Crippen MR) is 160 cm³/mol. The summed E-state index contributed by atoms with van der Waals surface area (Å²) in [7, 11) is 3.85. The summed E-state index contributed by atoms with van der Waals surface area (Å²) < 4.78 is 22.4. The number of amides is 2. The Hall–Kier alpha value is -4.26. The van der Waals surface area contributed by atoms with Gasteiger partial charge in [0, 0.05) is 73.0 Å². The number of hydrogen-bond donors (Lipinski definition) is 2. The number of nitrogens with zero attached hydrogens (tertiary/aromatic N) is 6. The second-order valence-electron chi connectivity index (χ2n) is 13.8. The van der Waals surface area contributed by atoms with Crippen LogP contribution in [0, 0.1) is 58.1 Å². The van der Waals surface area contributed by atoms with Crippen molar-refractivity contribution < 1.29 is 18.7 Å². The standard InChI is InChI=1S/C33H35FN8O3/c1-15-25(34)18(24-20(13-35)16(2)41(5)17(3)21(24)14-36)10-19-26(15)38-39-29(19)37-30(43)32-11-22(32)28-33(12-23(33)27(32)45-28)31(44)42-8-6-40(4)7-9-42/h10,22-24,27-28H,6-9,11-12H2,1-5H3,(H2,37,38,39,43). The van der Waals surface area contributed by atoms with Crippen molar-refractivity contribution in [2.45, 2.75) is 51.7 Å². The zero-order chi connectivity index (χ0) is 31.7. The van der Waals surface area contributed by atoms with Crippen molar-refractivity contribution in [3.8, 4) is 12.1 Å². The highest BCUT2D eigenvalue weighted by atomic mass is 19.1. The number of H-pyrrole nitrogens is 1. The Balaban J connectivity index is 1.09. The third kappa shape index (κ3) is 3.42. The molecule has 1 aromatic carbocycles. The maximum atomic E-state index is 16.0. The van der Waals surface area contributed by atoms with Crippen LogP contribution in [0.15, 0.2) is 28.6 Å². The van der Waals surface area contributed by atoms with Crippen LogP contribution >= 0.6 is 0 Å². The minimum atomic E-state index is -0.885. The summed E-state index contributed by atoms with van der Waals surface area (Å²) in [5.74, 6) is -1.13. The Kier molecular flexibility index (Phi) is 5.74. The third-order valence-corrected chi connectivity index (χ3v) is 12.0. The van der Waals surface area contributed by atoms with Crippen LogP contribution in [0.4, 0.5) is 10.2 Å². The fraction of sp³-hybridized carbons (Fsp3) is 0.545. The first-order chi connectivity index (χ1) is 21.5. The Morgan fingerprint density at radius 3 is 2.27 bits per heavy atom. The van der Waals surface area contributed by atoms with E-state index >= 15 is 4.39 Å². The van der Waals surface area contributed by atoms with Crippen molar-refractivity contribution in [3.05, 3.63) is 45.6 Å². The van der Waals surface area contributed by atoms with Gasteiger partial charge in [0.05, 0.1) is 57.8 Å². The van der Waals surface area contributed by atoms with Crippen molar-refractivity contribution in [1.82, 2.24) is 24.9 Å². The molecule has 232 valence electrons. The number of hydrogen-bond acceptors (Lipinski definition) is 8. The molecule has 8 rings (SSSR count). The number of aromatic amines is 1. The average Bonchev–Trinajstić information content (AvgIpc) is 3.87. The van der Waals surface area contributed by atoms with E-state index in [1.807, 2.05) is 4.90 Å². The van der Waals surface area contributed by atoms with E-state index in [1.54, 1.807) is 38.8 Å². The molecule has 2 aliphatic carbocycles. The molecular weight excluding hydrogens is 575 g/mol. The van der Waals surface area contributed by atoms with Crippen LogP contribution in [0.5, 0.6) is 0 Å². The molecule has 0 spiro atoms. The Labute approximate surface area is 260 Å². The second-order valence-corrected chi connectivity index (χ2v) is 13.8. The van der Waals surface area contributed by atoms with E-state index in [4.69, 9.17) is 4.74 Å². The van der Waals surface area contributed by atoms with E-state index in [-0.39, 0.29) is 52.8 Å². The first-order valence-corrected chi connectivity index (χ1v) is 15.6. The zero-order valence-electron chi connectivity index (χ0n) is 26.0. The minimum absolute atomic E-state index is 0.0190. The molecule has 45 heavy (non-hydrogen) atoms. The van der Waals surface area contributed by atoms with Gasteiger partial charge in [-0.3, -0.25) is 14.7 Å². The van der Waals surface area contributed by atoms with Gasteiger partial charge in [0.25, 0.3) is 0 Å². The van der Waals surface area contributed by atoms with Crippen molar-refractivity contribution in [1.29, 1.82) is 10.5 Å². The molecule has 11 nitrogen and oxygen atoms in total. The molecule has 2 bridgehead atoms. The number of piperazine rings is 1. The lowest BCUT2D eigenvalue weighted by molar-refractivity contribution is -0.142. The molecule has 2 amide bonds. The fourth-order valence-corrected chi connectivity index (χ4v) is 9.02. The molecule has 3 saturated heterocycles. The molecule has 6 aliphatic rings. The first kappa shape index (κ1) is 28.2. The van der Waals surface area contributed by atoms with E-state index in [1.165, 1.54) is 0 Å². The van der Waals surface area contributed by atoms with Gasteiger partial charge in [0.2, 0.25) is 11.8 Å². The topological polar surface area (TPSA) is 141 Å². The molecule has 2 saturated carbocycles. The van der Waals surface area contributed by atoms with Crippen LogP contribution in [0.25, 0.3) is 10.9 Å². The molecule has 2 aromatic rings. The van der Waals surface area contributed by atoms with E-state index < -0.39 is 22.6 Å². The molecule has 0 radical (unpaired) electrons. The number of rotatable bonds is 4. The van der Waals surface area contributed by atoms with Gasteiger partial charge in [-0.15, -0.1) is 0 Å². The molecule has 5 fully saturated rings. The average molecular weight is 611 g/mol. The van der Waals surface area contributed by atoms with Gasteiger partial charge in [-0.25, -0.2) is 4.39 Å². The summed E-state index contributed by atoms with van der Waals surface area (Å²) in [4.78, 5) is 33.7. The van der Waals surface area contributed by atoms with Gasteiger partial charge < -0.3 is 24.8 Å². The quantitative estimate of drug-likeness (QED) is 0.538. The largest absolute Gasteiger partial charge is 0.372 e. The summed E-state index contributed by atoms with van der Waals surface area (Å²) in [6.45, 7) is 8.35. The van der Waals surface area contributed by atoms with Crippen molar-refractivity contribution >= 4 is 28.5 Å². The number of allylic oxidation sites excluding steroid dienone is 4. The SMILES string of the molecule is CC1=C(C#N)C(c2cc3c(NC(=O)C45CC4C4OC5C5CC54C(=O)N4CCN(C)CC4)n[nH]c3c(C)c2F)C(C#N)=C(C)N1C. The number of aromatic nitrogens is 2. The van der Waals surface area contributed by atoms with Gasteiger partial charge >= 0.3 is 0 Å². The Morgan fingerprint density at radius 1 is 1.02 bits per heavy atom. The van der Waals surface area contributed by atoms with Crippen LogP contribution in [-0.4, -0.2) is 89.2 Å². The summed E-state index contributed by atoms with van der Waals surface area (Å²) in [6.07, 6.45) is 0.892. The van der Waals surface area contributed by atoms with E-state index in [9.17, 15) is 20.1 Å². The molecule has 4 aliphatic heterocycles. The number of carbonyl (C=O) groups is 2. The minimum Gasteiger partial charge on any atom is -0.372 e. The Morgan fingerprint density at radius 2 is 1.62 bits per heavy atom. The van der Waals surface area contributed by atoms with Crippen molar-refractivity contribution in [2.75, 3.05) is 45.6 Å². The van der Waals surface area contributed by atoms with Gasteiger partial charge in [0.15, 0.2) is 5.82 Å². The van der Waals surface area contributed by atoms with Gasteiger partial charge in [0.1, 0.15) is 5.82 Å². The number of benzene rings is 1. The van der Waals surface area contributed by atoms with Gasteiger partial charge in [-0.1, -0.05) is 0 Å². The molecule has 1 aromatic heterocycles. The summed E-state index contributed by atoms with van der Waals surface area (Å²) >= 11 is 0. The maximum Gasteiger partial charge on any atom is 0.234 e. The predicted octanol–water partition coefficient (Wildman–Crippen LogP) is 3.14. The van der Waals surface area contributed by atoms with Gasteiger partial charge in [-0.2, -0.15) is 15.6 Å². The first-order valence-electron chi connectivity index (χ1n) is 15.6. The fourth-order valence-electron chi connectivity index (χ4n) is 9.02. The molecular formula is C33H35FN8O3. The normalized spacial score (nSPS) is 33.7. The summed E-state index contributed by atoms with van der Waals surface area (Å²) in [5, 5.41) is 31.0. The number of nitriles is 2. The lowest BCUT2D eigenvalue weighted by Gasteiger charge is -2.36. The number of aryl methyl sites for hydroxylation is 1. The summed E-state index contributed by atoms with van der Waals surface area (Å²) in [6, 6.07) is 6.01. The monoisotopic (exact) mass is 610 g/mol. The summed E-state index contributed by atoms with van der Waals surface area (Å²) in [5.41, 5.74) is 1.61. The number of likely N-dealkylation sites (N-methyl/N-ethyl adjacent to an activating group) is 1. The highest BCUT2D eigenvalue weighted by molar-refractivity contribution is 6.05. The number of fused-ring (bicyclic) bond motifs is 9. The van der Waals surface area contributed by atoms with Crippen LogP contribution in [0.1, 0.15) is 43.7 Å². The lowest BCUT2D eigenvalue weighted by Crippen LogP contribution is -2.52. The highest BCUT2D eigenvalue weighted by Gasteiger charge is 2.90. The second kappa shape index (κ2) is 9.15. The molecule has 12 heteroatoms. The molecule has 5 heterocycles. The van der Waals surface area contributed by atoms with Crippen molar-refractivity contribution in [2.24, 2.45) is 22.7 Å². The number of carbonyl (C=O) groups excluding carboxylic acids is 2. The van der Waals surface area contributed by atoms with E-state index in [0.717, 1.165) is 32.6 Å². The number of halogens is 1.